The molecule has 1 aliphatic rings. The number of carbonyl (C=O) groups is 2. The molecule has 6 nitrogen and oxygen atoms in total. The first-order valence-electron chi connectivity index (χ1n) is 12.3. The zero-order chi connectivity index (χ0) is 25.6. The molecule has 0 aliphatic heterocycles. The third-order valence-corrected chi connectivity index (χ3v) is 6.75. The van der Waals surface area contributed by atoms with Crippen molar-refractivity contribution in [1.82, 2.24) is 19.6 Å². The number of benzene rings is 4. The highest BCUT2D eigenvalue weighted by Gasteiger charge is 2.42. The van der Waals surface area contributed by atoms with Gasteiger partial charge in [0.25, 0.3) is 0 Å². The molecule has 0 atom stereocenters. The van der Waals surface area contributed by atoms with Crippen LogP contribution in [-0.4, -0.2) is 31.1 Å². The van der Waals surface area contributed by atoms with Gasteiger partial charge < -0.3 is 0 Å². The number of rotatable bonds is 4. The third-order valence-electron chi connectivity index (χ3n) is 6.75. The van der Waals surface area contributed by atoms with E-state index >= 15 is 0 Å². The molecular weight excluding hydrogens is 472 g/mol. The van der Waals surface area contributed by atoms with Gasteiger partial charge in [-0.25, -0.2) is 9.36 Å². The van der Waals surface area contributed by atoms with Crippen LogP contribution < -0.4 is 0 Å². The maximum atomic E-state index is 14.5. The van der Waals surface area contributed by atoms with Crippen molar-refractivity contribution in [3.05, 3.63) is 144 Å². The molecule has 0 saturated carbocycles. The Labute approximate surface area is 218 Å². The second-order valence-corrected chi connectivity index (χ2v) is 9.03. The van der Waals surface area contributed by atoms with E-state index in [0.717, 1.165) is 11.1 Å². The number of nitrogens with zero attached hydrogens (tertiary/aromatic N) is 4. The second kappa shape index (κ2) is 8.64. The summed E-state index contributed by atoms with van der Waals surface area (Å²) >= 11 is 0. The van der Waals surface area contributed by atoms with Crippen LogP contribution in [0.1, 0.15) is 32.1 Å². The first-order chi connectivity index (χ1) is 18.7. The van der Waals surface area contributed by atoms with E-state index in [9.17, 15) is 9.59 Å². The number of fused-ring (bicyclic) bond motifs is 2. The van der Waals surface area contributed by atoms with E-state index < -0.39 is 0 Å². The van der Waals surface area contributed by atoms with Gasteiger partial charge in [0, 0.05) is 11.1 Å². The highest BCUT2D eigenvalue weighted by molar-refractivity contribution is 6.31. The molecule has 0 radical (unpaired) electrons. The summed E-state index contributed by atoms with van der Waals surface area (Å²) in [6.07, 6.45) is 0. The molecule has 0 bridgehead atoms. The molecule has 2 aromatic heterocycles. The summed E-state index contributed by atoms with van der Waals surface area (Å²) in [5, 5.41) is 9.69. The predicted molar refractivity (Wildman–Crippen MR) is 145 cm³/mol. The van der Waals surface area contributed by atoms with Gasteiger partial charge in [-0.2, -0.15) is 10.2 Å². The lowest BCUT2D eigenvalue weighted by Gasteiger charge is -2.16. The fraction of sp³-hybridized carbons (Fsp3) is 0. The molecule has 0 saturated heterocycles. The Hall–Kier alpha value is -5.36. The van der Waals surface area contributed by atoms with Gasteiger partial charge in [0.05, 0.1) is 22.5 Å². The molecule has 0 amide bonds. The van der Waals surface area contributed by atoms with Gasteiger partial charge in [-0.05, 0) is 24.3 Å². The van der Waals surface area contributed by atoms with Gasteiger partial charge in [-0.15, -0.1) is 0 Å². The lowest BCUT2D eigenvalue weighted by atomic mass is 9.87. The Bertz CT molecular complexity index is 1560. The molecular formula is C32H20N4O2. The van der Waals surface area contributed by atoms with Crippen molar-refractivity contribution in [1.29, 1.82) is 0 Å². The maximum absolute atomic E-state index is 14.5. The van der Waals surface area contributed by atoms with E-state index in [1.807, 2.05) is 121 Å². The number of carbonyl (C=O) groups excluding carboxylic acids is 2. The van der Waals surface area contributed by atoms with Gasteiger partial charge >= 0.3 is 0 Å². The molecule has 7 rings (SSSR count). The van der Waals surface area contributed by atoms with E-state index in [4.69, 9.17) is 10.2 Å². The minimum Gasteiger partial charge on any atom is -0.287 e. The standard InChI is InChI=1S/C32H20N4O2/c37-31-25-27(21-13-5-1-6-14-21)33-35(23-17-9-3-10-18-23)29(25)32(38)26-28(22-15-7-2-8-16-22)34-36(30(26)31)24-19-11-4-12-20-24/h1-20H. The van der Waals surface area contributed by atoms with Crippen molar-refractivity contribution in [2.24, 2.45) is 0 Å². The Balaban J connectivity index is 1.56. The molecule has 0 fully saturated rings. The molecule has 0 unspecified atom stereocenters. The van der Waals surface area contributed by atoms with Crippen LogP contribution in [0.3, 0.4) is 0 Å². The normalized spacial score (nSPS) is 12.3. The first kappa shape index (κ1) is 21.9. The van der Waals surface area contributed by atoms with E-state index in [1.54, 1.807) is 9.36 Å². The SMILES string of the molecule is O=C1c2c(-c3ccccc3)nn(-c3ccccc3)c2C(=O)c2c(-c3ccccc3)nn(-c3ccccc3)c21. The molecule has 6 heteroatoms. The van der Waals surface area contributed by atoms with Crippen LogP contribution in [0.2, 0.25) is 0 Å². The van der Waals surface area contributed by atoms with E-state index in [1.165, 1.54) is 0 Å². The van der Waals surface area contributed by atoms with E-state index in [-0.39, 0.29) is 34.1 Å². The second-order valence-electron chi connectivity index (χ2n) is 9.03. The van der Waals surface area contributed by atoms with Crippen molar-refractivity contribution in [3.63, 3.8) is 0 Å². The van der Waals surface area contributed by atoms with Gasteiger partial charge in [0.15, 0.2) is 0 Å². The Morgan fingerprint density at radius 3 is 1.08 bits per heavy atom. The van der Waals surface area contributed by atoms with Crippen molar-refractivity contribution < 1.29 is 9.59 Å². The number of aromatic nitrogens is 4. The van der Waals surface area contributed by atoms with Crippen LogP contribution in [0, 0.1) is 0 Å². The molecule has 180 valence electrons. The lowest BCUT2D eigenvalue weighted by Crippen LogP contribution is -2.24. The van der Waals surface area contributed by atoms with Crippen LogP contribution in [0.5, 0.6) is 0 Å². The van der Waals surface area contributed by atoms with Crippen molar-refractivity contribution >= 4 is 11.6 Å². The van der Waals surface area contributed by atoms with Crippen LogP contribution in [0.4, 0.5) is 0 Å². The number of ketones is 2. The first-order valence-corrected chi connectivity index (χ1v) is 12.3. The van der Waals surface area contributed by atoms with Gasteiger partial charge in [0.2, 0.25) is 11.6 Å². The summed E-state index contributed by atoms with van der Waals surface area (Å²) in [5.74, 6) is -0.566. The Morgan fingerprint density at radius 1 is 0.421 bits per heavy atom. The molecule has 2 heterocycles. The molecule has 38 heavy (non-hydrogen) atoms. The van der Waals surface area contributed by atoms with Crippen LogP contribution in [-0.2, 0) is 0 Å². The Kier molecular flexibility index (Phi) is 4.97. The maximum Gasteiger partial charge on any atom is 0.216 e. The minimum atomic E-state index is -0.283. The van der Waals surface area contributed by atoms with Crippen molar-refractivity contribution in [2.45, 2.75) is 0 Å². The summed E-state index contributed by atoms with van der Waals surface area (Å²) in [7, 11) is 0. The fourth-order valence-electron chi connectivity index (χ4n) is 5.03. The molecule has 6 aromatic rings. The summed E-state index contributed by atoms with van der Waals surface area (Å²) in [4.78, 5) is 28.9. The molecule has 1 aliphatic carbocycles. The highest BCUT2D eigenvalue weighted by Crippen LogP contribution is 2.40. The van der Waals surface area contributed by atoms with Crippen LogP contribution >= 0.6 is 0 Å². The summed E-state index contributed by atoms with van der Waals surface area (Å²) in [6, 6.07) is 37.8. The Morgan fingerprint density at radius 2 is 0.737 bits per heavy atom. The smallest absolute Gasteiger partial charge is 0.216 e. The number of hydrogen-bond acceptors (Lipinski definition) is 4. The lowest BCUT2D eigenvalue weighted by molar-refractivity contribution is 0.0971. The predicted octanol–water partition coefficient (Wildman–Crippen LogP) is 6.17. The van der Waals surface area contributed by atoms with Crippen LogP contribution in [0.15, 0.2) is 121 Å². The summed E-state index contributed by atoms with van der Waals surface area (Å²) in [5.41, 5.74) is 4.93. The minimum absolute atomic E-state index is 0.248. The monoisotopic (exact) mass is 492 g/mol. The van der Waals surface area contributed by atoms with Crippen molar-refractivity contribution in [3.8, 4) is 33.9 Å². The zero-order valence-corrected chi connectivity index (χ0v) is 20.2. The topological polar surface area (TPSA) is 69.8 Å². The zero-order valence-electron chi connectivity index (χ0n) is 20.2. The molecule has 0 spiro atoms. The average molecular weight is 493 g/mol. The average Bonchev–Trinajstić information content (AvgIpc) is 3.59. The van der Waals surface area contributed by atoms with Gasteiger partial charge in [-0.3, -0.25) is 9.59 Å². The summed E-state index contributed by atoms with van der Waals surface area (Å²) in [6.45, 7) is 0. The largest absolute Gasteiger partial charge is 0.287 e. The van der Waals surface area contributed by atoms with Gasteiger partial charge in [0.1, 0.15) is 22.8 Å². The van der Waals surface area contributed by atoms with Crippen molar-refractivity contribution in [2.75, 3.05) is 0 Å². The molecule has 4 aromatic carbocycles. The number of para-hydroxylation sites is 2. The number of hydrogen-bond donors (Lipinski definition) is 0. The van der Waals surface area contributed by atoms with Gasteiger partial charge in [-0.1, -0.05) is 97.1 Å². The van der Waals surface area contributed by atoms with Crippen LogP contribution in [0.25, 0.3) is 33.9 Å². The summed E-state index contributed by atoms with van der Waals surface area (Å²) < 4.78 is 3.19. The fourth-order valence-corrected chi connectivity index (χ4v) is 5.03. The van der Waals surface area contributed by atoms with E-state index in [2.05, 4.69) is 0 Å². The highest BCUT2D eigenvalue weighted by atomic mass is 16.1. The quantitative estimate of drug-likeness (QED) is 0.295. The van der Waals surface area contributed by atoms with E-state index in [0.29, 0.717) is 22.8 Å². The third kappa shape index (κ3) is 3.28. The molecule has 0 N–H and O–H groups in total.